The zero-order valence-corrected chi connectivity index (χ0v) is 7.56. The van der Waals surface area contributed by atoms with Crippen LogP contribution >= 0.6 is 11.6 Å². The van der Waals surface area contributed by atoms with Gasteiger partial charge < -0.3 is 5.73 Å². The van der Waals surface area contributed by atoms with Gasteiger partial charge in [-0.3, -0.25) is 4.79 Å². The van der Waals surface area contributed by atoms with Gasteiger partial charge in [-0.25, -0.2) is 0 Å². The molecule has 0 saturated carbocycles. The fourth-order valence-corrected chi connectivity index (χ4v) is 1.30. The predicted molar refractivity (Wildman–Crippen MR) is 49.6 cm³/mol. The van der Waals surface area contributed by atoms with Gasteiger partial charge in [0.1, 0.15) is 0 Å². The molecule has 0 heterocycles. The molecule has 0 saturated heterocycles. The Morgan fingerprint density at radius 2 is 2.25 bits per heavy atom. The number of rotatable bonds is 2. The molecule has 1 aromatic rings. The van der Waals surface area contributed by atoms with Gasteiger partial charge in [0.25, 0.3) is 0 Å². The van der Waals surface area contributed by atoms with Crippen LogP contribution in [0.4, 0.5) is 0 Å². The monoisotopic (exact) mass is 183 g/mol. The van der Waals surface area contributed by atoms with Gasteiger partial charge in [-0.15, -0.1) is 0 Å². The van der Waals surface area contributed by atoms with E-state index in [1.165, 1.54) is 0 Å². The third kappa shape index (κ3) is 1.84. The minimum Gasteiger partial charge on any atom is -0.324 e. The van der Waals surface area contributed by atoms with E-state index < -0.39 is 0 Å². The van der Waals surface area contributed by atoms with Crippen LogP contribution in [-0.4, -0.2) is 12.3 Å². The van der Waals surface area contributed by atoms with Crippen LogP contribution in [0.5, 0.6) is 0 Å². The molecular formula is C9H10ClNO. The lowest BCUT2D eigenvalue weighted by atomic mass is 10.1. The van der Waals surface area contributed by atoms with Crippen molar-refractivity contribution in [1.29, 1.82) is 0 Å². The van der Waals surface area contributed by atoms with Crippen molar-refractivity contribution in [2.24, 2.45) is 5.73 Å². The maximum Gasteiger partial charge on any atom is 0.177 e. The van der Waals surface area contributed by atoms with Crippen molar-refractivity contribution < 1.29 is 4.79 Å². The van der Waals surface area contributed by atoms with Crippen LogP contribution in [0.2, 0.25) is 5.02 Å². The van der Waals surface area contributed by atoms with Gasteiger partial charge in [-0.2, -0.15) is 0 Å². The number of carbonyl (C=O) groups is 1. The second-order valence-corrected chi connectivity index (χ2v) is 3.02. The lowest BCUT2D eigenvalue weighted by molar-refractivity contribution is 0.100. The van der Waals surface area contributed by atoms with Gasteiger partial charge in [0.15, 0.2) is 5.78 Å². The highest BCUT2D eigenvalue weighted by Crippen LogP contribution is 2.17. The van der Waals surface area contributed by atoms with E-state index in [2.05, 4.69) is 0 Å². The normalized spacial score (nSPS) is 9.92. The number of aryl methyl sites for hydroxylation is 1. The summed E-state index contributed by atoms with van der Waals surface area (Å²) >= 11 is 5.83. The van der Waals surface area contributed by atoms with Crippen LogP contribution in [0.15, 0.2) is 18.2 Å². The molecule has 1 aromatic carbocycles. The Bertz CT molecular complexity index is 309. The molecule has 12 heavy (non-hydrogen) atoms. The molecule has 0 aliphatic rings. The van der Waals surface area contributed by atoms with E-state index in [9.17, 15) is 4.79 Å². The summed E-state index contributed by atoms with van der Waals surface area (Å²) in [5.74, 6) is -0.125. The van der Waals surface area contributed by atoms with Gasteiger partial charge >= 0.3 is 0 Å². The first-order valence-corrected chi connectivity index (χ1v) is 4.02. The van der Waals surface area contributed by atoms with E-state index in [4.69, 9.17) is 17.3 Å². The van der Waals surface area contributed by atoms with E-state index in [0.29, 0.717) is 10.6 Å². The molecule has 2 nitrogen and oxygen atoms in total. The number of halogens is 1. The van der Waals surface area contributed by atoms with Crippen LogP contribution in [0.3, 0.4) is 0 Å². The first-order valence-electron chi connectivity index (χ1n) is 3.64. The molecule has 0 spiro atoms. The lowest BCUT2D eigenvalue weighted by Gasteiger charge is -2.01. The molecule has 0 aromatic heterocycles. The zero-order chi connectivity index (χ0) is 9.14. The number of carbonyl (C=O) groups excluding carboxylic acids is 1. The molecule has 0 atom stereocenters. The fourth-order valence-electron chi connectivity index (χ4n) is 0.956. The topological polar surface area (TPSA) is 43.1 Å². The number of benzene rings is 1. The number of hydrogen-bond donors (Lipinski definition) is 1. The molecule has 0 radical (unpaired) electrons. The average molecular weight is 184 g/mol. The number of Topliss-reactive ketones (excluding diaryl/α,β-unsaturated/α-hetero) is 1. The molecule has 0 fully saturated rings. The molecule has 0 amide bonds. The Morgan fingerprint density at radius 1 is 1.58 bits per heavy atom. The highest BCUT2D eigenvalue weighted by molar-refractivity contribution is 6.34. The molecule has 64 valence electrons. The maximum atomic E-state index is 11.1. The summed E-state index contributed by atoms with van der Waals surface area (Å²) in [5.41, 5.74) is 6.74. The van der Waals surface area contributed by atoms with Crippen LogP contribution in [-0.2, 0) is 0 Å². The van der Waals surface area contributed by atoms with Crippen molar-refractivity contribution in [3.8, 4) is 0 Å². The molecular weight excluding hydrogens is 174 g/mol. The van der Waals surface area contributed by atoms with E-state index in [1.54, 1.807) is 12.1 Å². The molecule has 0 unspecified atom stereocenters. The van der Waals surface area contributed by atoms with Gasteiger partial charge in [0.2, 0.25) is 0 Å². The Labute approximate surface area is 76.3 Å². The minimum atomic E-state index is -0.125. The Kier molecular flexibility index (Phi) is 2.84. The van der Waals surface area contributed by atoms with E-state index in [-0.39, 0.29) is 12.3 Å². The van der Waals surface area contributed by atoms with Crippen LogP contribution in [0.25, 0.3) is 0 Å². The Balaban J connectivity index is 3.09. The number of hydrogen-bond acceptors (Lipinski definition) is 2. The van der Waals surface area contributed by atoms with Crippen LogP contribution in [0.1, 0.15) is 15.9 Å². The molecule has 0 bridgehead atoms. The first-order chi connectivity index (χ1) is 5.65. The summed E-state index contributed by atoms with van der Waals surface area (Å²) < 4.78 is 0. The minimum absolute atomic E-state index is 0.00276. The van der Waals surface area contributed by atoms with Crippen molar-refractivity contribution in [3.63, 3.8) is 0 Å². The van der Waals surface area contributed by atoms with Crippen molar-refractivity contribution >= 4 is 17.4 Å². The third-order valence-corrected chi connectivity index (χ3v) is 1.92. The molecule has 0 aliphatic heterocycles. The van der Waals surface area contributed by atoms with Crippen molar-refractivity contribution in [2.45, 2.75) is 6.92 Å². The van der Waals surface area contributed by atoms with E-state index in [1.807, 2.05) is 13.0 Å². The van der Waals surface area contributed by atoms with Crippen LogP contribution < -0.4 is 5.73 Å². The SMILES string of the molecule is Cc1ccc(C(=O)CN)c(Cl)c1. The first kappa shape index (κ1) is 9.23. The van der Waals surface area contributed by atoms with Crippen molar-refractivity contribution in [1.82, 2.24) is 0 Å². The summed E-state index contributed by atoms with van der Waals surface area (Å²) in [6.45, 7) is 1.92. The predicted octanol–water partition coefficient (Wildman–Crippen LogP) is 1.79. The lowest BCUT2D eigenvalue weighted by Crippen LogP contribution is -2.13. The highest BCUT2D eigenvalue weighted by Gasteiger charge is 2.07. The van der Waals surface area contributed by atoms with Gasteiger partial charge in [-0.1, -0.05) is 17.7 Å². The van der Waals surface area contributed by atoms with E-state index in [0.717, 1.165) is 5.56 Å². The smallest absolute Gasteiger partial charge is 0.177 e. The summed E-state index contributed by atoms with van der Waals surface area (Å²) in [5, 5.41) is 0.477. The van der Waals surface area contributed by atoms with Crippen molar-refractivity contribution in [2.75, 3.05) is 6.54 Å². The number of ketones is 1. The molecule has 2 N–H and O–H groups in total. The van der Waals surface area contributed by atoms with Crippen LogP contribution in [0, 0.1) is 6.92 Å². The Hall–Kier alpha value is -0.860. The van der Waals surface area contributed by atoms with Gasteiger partial charge in [0, 0.05) is 5.56 Å². The number of nitrogens with two attached hydrogens (primary N) is 1. The average Bonchev–Trinajstić information content (AvgIpc) is 2.03. The molecule has 0 aliphatic carbocycles. The van der Waals surface area contributed by atoms with Gasteiger partial charge in [-0.05, 0) is 24.6 Å². The summed E-state index contributed by atoms with van der Waals surface area (Å²) in [6.07, 6.45) is 0. The maximum absolute atomic E-state index is 11.1. The standard InChI is InChI=1S/C9H10ClNO/c1-6-2-3-7(8(10)4-6)9(12)5-11/h2-4H,5,11H2,1H3. The van der Waals surface area contributed by atoms with E-state index >= 15 is 0 Å². The second-order valence-electron chi connectivity index (χ2n) is 2.61. The summed E-state index contributed by atoms with van der Waals surface area (Å²) in [7, 11) is 0. The highest BCUT2D eigenvalue weighted by atomic mass is 35.5. The molecule has 1 rings (SSSR count). The Morgan fingerprint density at radius 3 is 2.75 bits per heavy atom. The largest absolute Gasteiger partial charge is 0.324 e. The quantitative estimate of drug-likeness (QED) is 0.711. The fraction of sp³-hybridized carbons (Fsp3) is 0.222. The van der Waals surface area contributed by atoms with Crippen molar-refractivity contribution in [3.05, 3.63) is 34.3 Å². The molecule has 3 heteroatoms. The summed E-state index contributed by atoms with van der Waals surface area (Å²) in [4.78, 5) is 11.1. The zero-order valence-electron chi connectivity index (χ0n) is 6.80. The van der Waals surface area contributed by atoms with Gasteiger partial charge in [0.05, 0.1) is 11.6 Å². The third-order valence-electron chi connectivity index (χ3n) is 1.61. The second kappa shape index (κ2) is 3.70. The summed E-state index contributed by atoms with van der Waals surface area (Å²) in [6, 6.07) is 5.30.